The maximum atomic E-state index is 6.37. The Hall–Kier alpha value is -1.22. The molecule has 1 fully saturated rings. The number of benzene rings is 1. The quantitative estimate of drug-likeness (QED) is 0.810. The van der Waals surface area contributed by atoms with E-state index in [9.17, 15) is 0 Å². The zero-order valence-corrected chi connectivity index (χ0v) is 10.3. The van der Waals surface area contributed by atoms with E-state index in [4.69, 9.17) is 15.2 Å². The third-order valence-corrected chi connectivity index (χ3v) is 3.85. The van der Waals surface area contributed by atoms with Crippen molar-refractivity contribution in [2.75, 3.05) is 13.2 Å². The molecule has 3 rings (SSSR count). The molecule has 0 aromatic heterocycles. The Kier molecular flexibility index (Phi) is 2.51. The number of aryl methyl sites for hydroxylation is 1. The van der Waals surface area contributed by atoms with Gasteiger partial charge in [-0.2, -0.15) is 0 Å². The molecule has 0 unspecified atom stereocenters. The highest BCUT2D eigenvalue weighted by atomic mass is 16.5. The molecule has 0 bridgehead atoms. The van der Waals surface area contributed by atoms with Crippen LogP contribution in [0, 0.1) is 6.92 Å². The van der Waals surface area contributed by atoms with Crippen molar-refractivity contribution in [2.45, 2.75) is 38.1 Å². The van der Waals surface area contributed by atoms with Gasteiger partial charge < -0.3 is 15.2 Å². The van der Waals surface area contributed by atoms with Gasteiger partial charge in [0.1, 0.15) is 0 Å². The van der Waals surface area contributed by atoms with Crippen LogP contribution in [0.5, 0.6) is 11.5 Å². The number of nitrogens with two attached hydrogens (primary N) is 1. The Morgan fingerprint density at radius 1 is 1.12 bits per heavy atom. The molecule has 0 spiro atoms. The first kappa shape index (κ1) is 10.9. The van der Waals surface area contributed by atoms with Crippen molar-refractivity contribution in [1.29, 1.82) is 0 Å². The van der Waals surface area contributed by atoms with E-state index >= 15 is 0 Å². The SMILES string of the molecule is Cc1cc(C2(N)CCC2)cc2c1OCCCO2. The summed E-state index contributed by atoms with van der Waals surface area (Å²) in [5.74, 6) is 1.77. The molecule has 1 heterocycles. The van der Waals surface area contributed by atoms with E-state index in [2.05, 4.69) is 19.1 Å². The number of ether oxygens (including phenoxy) is 2. The maximum Gasteiger partial charge on any atom is 0.164 e. The molecule has 3 nitrogen and oxygen atoms in total. The molecule has 17 heavy (non-hydrogen) atoms. The highest BCUT2D eigenvalue weighted by molar-refractivity contribution is 5.51. The van der Waals surface area contributed by atoms with Crippen LogP contribution in [0.25, 0.3) is 0 Å². The van der Waals surface area contributed by atoms with Gasteiger partial charge in [0.15, 0.2) is 11.5 Å². The third kappa shape index (κ3) is 1.78. The van der Waals surface area contributed by atoms with E-state index in [1.165, 1.54) is 12.0 Å². The van der Waals surface area contributed by atoms with Crippen molar-refractivity contribution in [3.63, 3.8) is 0 Å². The van der Waals surface area contributed by atoms with Crippen LogP contribution in [0.4, 0.5) is 0 Å². The van der Waals surface area contributed by atoms with Crippen LogP contribution in [-0.4, -0.2) is 13.2 Å². The standard InChI is InChI=1S/C14H19NO2/c1-10-8-11(14(15)4-2-5-14)9-12-13(10)17-7-3-6-16-12/h8-9H,2-7,15H2,1H3. The van der Waals surface area contributed by atoms with Gasteiger partial charge in [0.2, 0.25) is 0 Å². The minimum Gasteiger partial charge on any atom is -0.490 e. The Bertz CT molecular complexity index is 438. The summed E-state index contributed by atoms with van der Waals surface area (Å²) in [6, 6.07) is 4.24. The van der Waals surface area contributed by atoms with Crippen molar-refractivity contribution in [3.8, 4) is 11.5 Å². The van der Waals surface area contributed by atoms with Gasteiger partial charge in [0.25, 0.3) is 0 Å². The first-order valence-corrected chi connectivity index (χ1v) is 6.39. The topological polar surface area (TPSA) is 44.5 Å². The number of hydrogen-bond donors (Lipinski definition) is 1. The second-order valence-electron chi connectivity index (χ2n) is 5.18. The molecule has 0 atom stereocenters. The van der Waals surface area contributed by atoms with Gasteiger partial charge in [0, 0.05) is 12.0 Å². The Morgan fingerprint density at radius 3 is 2.59 bits per heavy atom. The third-order valence-electron chi connectivity index (χ3n) is 3.85. The summed E-state index contributed by atoms with van der Waals surface area (Å²) in [5, 5.41) is 0. The summed E-state index contributed by atoms with van der Waals surface area (Å²) < 4.78 is 11.5. The molecule has 1 aromatic rings. The lowest BCUT2D eigenvalue weighted by atomic mass is 9.72. The molecular formula is C14H19NO2. The molecule has 2 N–H and O–H groups in total. The predicted molar refractivity (Wildman–Crippen MR) is 66.5 cm³/mol. The molecule has 3 heteroatoms. The fourth-order valence-corrected chi connectivity index (χ4v) is 2.58. The van der Waals surface area contributed by atoms with E-state index < -0.39 is 0 Å². The number of hydrogen-bond acceptors (Lipinski definition) is 3. The second kappa shape index (κ2) is 3.91. The van der Waals surface area contributed by atoms with E-state index in [-0.39, 0.29) is 5.54 Å². The van der Waals surface area contributed by atoms with E-state index in [1.54, 1.807) is 0 Å². The summed E-state index contributed by atoms with van der Waals surface area (Å²) in [5.41, 5.74) is 8.57. The summed E-state index contributed by atoms with van der Waals surface area (Å²) in [7, 11) is 0. The molecule has 1 aliphatic carbocycles. The molecule has 1 saturated carbocycles. The first-order valence-electron chi connectivity index (χ1n) is 6.39. The normalized spacial score (nSPS) is 21.5. The van der Waals surface area contributed by atoms with Crippen molar-refractivity contribution >= 4 is 0 Å². The lowest BCUT2D eigenvalue weighted by molar-refractivity contribution is 0.251. The Morgan fingerprint density at radius 2 is 1.88 bits per heavy atom. The predicted octanol–water partition coefficient (Wildman–Crippen LogP) is 2.49. The van der Waals surface area contributed by atoms with Crippen LogP contribution in [0.2, 0.25) is 0 Å². The summed E-state index contributed by atoms with van der Waals surface area (Å²) >= 11 is 0. The van der Waals surface area contributed by atoms with Crippen LogP contribution in [0.3, 0.4) is 0 Å². The van der Waals surface area contributed by atoms with E-state index in [0.717, 1.165) is 49.5 Å². The largest absolute Gasteiger partial charge is 0.490 e. The van der Waals surface area contributed by atoms with Crippen LogP contribution in [0.1, 0.15) is 36.8 Å². The van der Waals surface area contributed by atoms with E-state index in [1.807, 2.05) is 0 Å². The first-order chi connectivity index (χ1) is 8.19. The highest BCUT2D eigenvalue weighted by Crippen LogP contribution is 2.43. The average Bonchev–Trinajstić information content (AvgIpc) is 2.51. The molecule has 92 valence electrons. The minimum atomic E-state index is -0.130. The maximum absolute atomic E-state index is 6.37. The zero-order valence-electron chi connectivity index (χ0n) is 10.3. The molecule has 2 aliphatic rings. The van der Waals surface area contributed by atoms with Crippen molar-refractivity contribution < 1.29 is 9.47 Å². The van der Waals surface area contributed by atoms with Crippen molar-refractivity contribution in [3.05, 3.63) is 23.3 Å². The van der Waals surface area contributed by atoms with Crippen LogP contribution >= 0.6 is 0 Å². The number of fused-ring (bicyclic) bond motifs is 1. The summed E-state index contributed by atoms with van der Waals surface area (Å²) in [4.78, 5) is 0. The highest BCUT2D eigenvalue weighted by Gasteiger charge is 2.35. The fourth-order valence-electron chi connectivity index (χ4n) is 2.58. The average molecular weight is 233 g/mol. The van der Waals surface area contributed by atoms with E-state index in [0.29, 0.717) is 0 Å². The number of rotatable bonds is 1. The molecular weight excluding hydrogens is 214 g/mol. The molecule has 0 radical (unpaired) electrons. The zero-order chi connectivity index (χ0) is 11.9. The monoisotopic (exact) mass is 233 g/mol. The van der Waals surface area contributed by atoms with Gasteiger partial charge in [-0.05, 0) is 43.4 Å². The van der Waals surface area contributed by atoms with Crippen LogP contribution in [0.15, 0.2) is 12.1 Å². The van der Waals surface area contributed by atoms with Crippen molar-refractivity contribution in [2.24, 2.45) is 5.73 Å². The van der Waals surface area contributed by atoms with Gasteiger partial charge in [-0.1, -0.05) is 6.07 Å². The smallest absolute Gasteiger partial charge is 0.164 e. The summed E-state index contributed by atoms with van der Waals surface area (Å²) in [6.45, 7) is 3.54. The fraction of sp³-hybridized carbons (Fsp3) is 0.571. The van der Waals surface area contributed by atoms with Gasteiger partial charge in [-0.25, -0.2) is 0 Å². The van der Waals surface area contributed by atoms with Gasteiger partial charge >= 0.3 is 0 Å². The van der Waals surface area contributed by atoms with Gasteiger partial charge in [0.05, 0.1) is 13.2 Å². The summed E-state index contributed by atoms with van der Waals surface area (Å²) in [6.07, 6.45) is 4.32. The van der Waals surface area contributed by atoms with Crippen molar-refractivity contribution in [1.82, 2.24) is 0 Å². The van der Waals surface area contributed by atoms with Gasteiger partial charge in [-0.3, -0.25) is 0 Å². The Balaban J connectivity index is 2.02. The molecule has 1 aromatic carbocycles. The Labute approximate surface area is 102 Å². The minimum absolute atomic E-state index is 0.130. The lowest BCUT2D eigenvalue weighted by Gasteiger charge is -2.39. The van der Waals surface area contributed by atoms with Crippen LogP contribution < -0.4 is 15.2 Å². The lowest BCUT2D eigenvalue weighted by Crippen LogP contribution is -2.43. The molecule has 1 aliphatic heterocycles. The van der Waals surface area contributed by atoms with Crippen LogP contribution in [-0.2, 0) is 5.54 Å². The second-order valence-corrected chi connectivity index (χ2v) is 5.18. The van der Waals surface area contributed by atoms with Gasteiger partial charge in [-0.15, -0.1) is 0 Å². The molecule has 0 saturated heterocycles. The molecule has 0 amide bonds.